The van der Waals surface area contributed by atoms with E-state index in [1.807, 2.05) is 0 Å². The summed E-state index contributed by atoms with van der Waals surface area (Å²) in [5.41, 5.74) is 0. The van der Waals surface area contributed by atoms with Gasteiger partial charge in [-0.25, -0.2) is 0 Å². The van der Waals surface area contributed by atoms with Crippen LogP contribution >= 0.6 is 0 Å². The van der Waals surface area contributed by atoms with Crippen LogP contribution in [0.15, 0.2) is 0 Å². The summed E-state index contributed by atoms with van der Waals surface area (Å²) in [6.45, 7) is 28.5. The molecule has 0 aromatic carbocycles. The fraction of sp³-hybridized carbons (Fsp3) is 0. The minimum Gasteiger partial charge on any atom is -0.813 e. The first-order chi connectivity index (χ1) is 6.00. The van der Waals surface area contributed by atoms with Crippen molar-refractivity contribution < 1.29 is 123 Å². The molecule has 6 nitrogen and oxygen atoms in total. The van der Waals surface area contributed by atoms with Gasteiger partial charge in [0.15, 0.2) is 0 Å². The molecule has 0 aliphatic carbocycles. The third-order valence-corrected chi connectivity index (χ3v) is 0. The maximum atomic E-state index is 6.25. The van der Waals surface area contributed by atoms with Gasteiger partial charge >= 0.3 is 0 Å². The van der Waals surface area contributed by atoms with E-state index in [0.29, 0.717) is 0 Å². The second-order valence-corrected chi connectivity index (χ2v) is 0. The van der Waals surface area contributed by atoms with Crippen molar-refractivity contribution >= 4 is 108 Å². The Kier molecular flexibility index (Phi) is 16000. The van der Waals surface area contributed by atoms with Crippen molar-refractivity contribution in [2.24, 2.45) is 0 Å². The van der Waals surface area contributed by atoms with Gasteiger partial charge in [-0.05, 0) is 0 Å². The molecule has 0 heterocycles. The fourth-order valence-electron chi connectivity index (χ4n) is 0. The van der Waals surface area contributed by atoms with E-state index >= 15 is 0 Å². The molecule has 0 aromatic rings. The Morgan fingerprint density at radius 3 is 0.192 bits per heavy atom. The molecule has 26 heavy (non-hydrogen) atoms. The number of thiol groups is 8. The quantitative estimate of drug-likeness (QED) is 0.156. The van der Waals surface area contributed by atoms with Crippen LogP contribution in [0, 0.1) is 71.0 Å². The smallest absolute Gasteiger partial charge is 0 e. The van der Waals surface area contributed by atoms with Crippen LogP contribution in [0.5, 0.6) is 0 Å². The van der Waals surface area contributed by atoms with Crippen molar-refractivity contribution in [1.29, 1.82) is 31.6 Å². The zero-order valence-electron chi connectivity index (χ0n) is 11.5. The molecule has 0 amide bonds. The molecule has 0 N–H and O–H groups in total. The Hall–Kier alpha value is 3.71. The predicted octanol–water partition coefficient (Wildman–Crippen LogP) is -1.60. The van der Waals surface area contributed by atoms with Gasteiger partial charge in [0.05, 0.1) is 0 Å². The molecule has 0 saturated carbocycles. The number of nitrogens with zero attached hydrogens (tertiary/aromatic N) is 6. The summed E-state index contributed by atoms with van der Waals surface area (Å²) in [5, 5.41) is 37.5. The Morgan fingerprint density at radius 2 is 0.192 bits per heavy atom. The Labute approximate surface area is 296 Å². The van der Waals surface area contributed by atoms with Crippen LogP contribution in [0.2, 0.25) is 0 Å². The molecule has 0 atom stereocenters. The van der Waals surface area contributed by atoms with Gasteiger partial charge in [-0.2, -0.15) is 0 Å². The maximum absolute atomic E-state index is 6.25. The normalized spacial score (nSPS) is 0.462. The number of hydrogen-bond acceptors (Lipinski definition) is 14. The van der Waals surface area contributed by atoms with E-state index in [1.165, 1.54) is 0 Å². The molecule has 0 aliphatic heterocycles. The molecule has 6 radical (unpaired) electrons. The topological polar surface area (TPSA) is 143 Å². The Morgan fingerprint density at radius 1 is 0.192 bits per heavy atom. The SMILES string of the molecule is [C-]#N.[C-]#N.[C-]#N.[C-]#N.[C-]#N.[C-]#N.[Re].[Re].[Re].[Re].[Re].[Re].[SH-].[SH-].[SH-].[SH-].[SH-].[SH-].[SH-].[SH-]. The average Bonchev–Trinajstić information content (AvgIpc) is 2.33. The summed E-state index contributed by atoms with van der Waals surface area (Å²) in [5.74, 6) is 0. The van der Waals surface area contributed by atoms with Crippen LogP contribution in [-0.2, 0) is 231 Å². The third kappa shape index (κ3) is 1430. The third-order valence-electron chi connectivity index (χ3n) is 0. The monoisotopic (exact) mass is 1540 g/mol. The Bertz CT molecular complexity index is 127. The Balaban J connectivity index is -0.000000000833. The zero-order chi connectivity index (χ0) is 12.0. The van der Waals surface area contributed by atoms with Crippen LogP contribution in [0.4, 0.5) is 0 Å². The second kappa shape index (κ2) is 1600. The molecule has 0 fully saturated rings. The maximum Gasteiger partial charge on any atom is 0 e. The molecular formula is C6H8N6Re6S8-14. The molecule has 0 bridgehead atoms. The molecule has 0 aromatic heterocycles. The first-order valence-electron chi connectivity index (χ1n) is 1.34. The number of rotatable bonds is 0. The molecule has 0 saturated heterocycles. The summed E-state index contributed by atoms with van der Waals surface area (Å²) in [6.07, 6.45) is 0. The van der Waals surface area contributed by atoms with Gasteiger partial charge in [-0.3, -0.25) is 0 Å². The molecular weight excluding hydrogens is 1530 g/mol. The van der Waals surface area contributed by atoms with Gasteiger partial charge < -0.3 is 179 Å². The van der Waals surface area contributed by atoms with Crippen LogP contribution in [0.25, 0.3) is 0 Å². The van der Waals surface area contributed by atoms with E-state index < -0.39 is 0 Å². The van der Waals surface area contributed by atoms with Crippen LogP contribution in [0.3, 0.4) is 0 Å². The largest absolute Gasteiger partial charge is 0.813 e. The van der Waals surface area contributed by atoms with E-state index in [2.05, 4.69) is 0 Å². The van der Waals surface area contributed by atoms with Crippen molar-refractivity contribution in [1.82, 2.24) is 0 Å². The van der Waals surface area contributed by atoms with E-state index in [-0.39, 0.29) is 231 Å². The summed E-state index contributed by atoms with van der Waals surface area (Å²) >= 11 is 0. The molecule has 0 spiro atoms. The van der Waals surface area contributed by atoms with Crippen molar-refractivity contribution in [2.75, 3.05) is 0 Å². The van der Waals surface area contributed by atoms with Crippen molar-refractivity contribution in [3.8, 4) is 0 Å². The molecule has 166 valence electrons. The average molecular weight is 1540 g/mol. The van der Waals surface area contributed by atoms with Gasteiger partial charge in [-0.15, -0.1) is 0 Å². The van der Waals surface area contributed by atoms with Gasteiger partial charge in [0.2, 0.25) is 0 Å². The van der Waals surface area contributed by atoms with E-state index in [9.17, 15) is 0 Å². The zero-order valence-corrected chi connectivity index (χ0v) is 35.0. The van der Waals surface area contributed by atoms with E-state index in [1.54, 1.807) is 0 Å². The van der Waals surface area contributed by atoms with Crippen LogP contribution in [-0.4, -0.2) is 0 Å². The van der Waals surface area contributed by atoms with Gasteiger partial charge in [0.25, 0.3) is 0 Å². The fourth-order valence-corrected chi connectivity index (χ4v) is 0. The standard InChI is InChI=1S/6CN.6Re.8H2S/c6*1-2;;;;;;;;;;;;;;/h;;;;;;;;;;;;8*1H2/q6*-1;;;;;;;;;;;;;;/p-8. The molecule has 0 rings (SSSR count). The van der Waals surface area contributed by atoms with Gasteiger partial charge in [0, 0.05) is 123 Å². The van der Waals surface area contributed by atoms with Crippen LogP contribution < -0.4 is 0 Å². The van der Waals surface area contributed by atoms with Gasteiger partial charge in [0.1, 0.15) is 0 Å². The van der Waals surface area contributed by atoms with Crippen molar-refractivity contribution in [2.45, 2.75) is 0 Å². The van der Waals surface area contributed by atoms with E-state index in [0.717, 1.165) is 0 Å². The summed E-state index contributed by atoms with van der Waals surface area (Å²) in [6, 6.07) is 0. The predicted molar refractivity (Wildman–Crippen MR) is 99.9 cm³/mol. The summed E-state index contributed by atoms with van der Waals surface area (Å²) in [4.78, 5) is 0. The first-order valence-corrected chi connectivity index (χ1v) is 1.34. The van der Waals surface area contributed by atoms with Crippen molar-refractivity contribution in [3.63, 3.8) is 0 Å². The molecule has 0 aliphatic rings. The minimum atomic E-state index is 0. The molecule has 20 heteroatoms. The van der Waals surface area contributed by atoms with Crippen LogP contribution in [0.1, 0.15) is 0 Å². The van der Waals surface area contributed by atoms with Crippen molar-refractivity contribution in [3.05, 3.63) is 39.4 Å². The summed E-state index contributed by atoms with van der Waals surface area (Å²) in [7, 11) is 0. The second-order valence-electron chi connectivity index (χ2n) is 0. The first kappa shape index (κ1) is 260. The summed E-state index contributed by atoms with van der Waals surface area (Å²) < 4.78 is 0. The minimum absolute atomic E-state index is 0. The van der Waals surface area contributed by atoms with E-state index in [4.69, 9.17) is 71.0 Å². The number of hydrogen-bond donors (Lipinski definition) is 0. The van der Waals surface area contributed by atoms with Gasteiger partial charge in [-0.1, -0.05) is 0 Å². The molecule has 0 unspecified atom stereocenters.